The van der Waals surface area contributed by atoms with Crippen LogP contribution in [-0.4, -0.2) is 35.3 Å². The summed E-state index contributed by atoms with van der Waals surface area (Å²) >= 11 is 1.39. The predicted octanol–water partition coefficient (Wildman–Crippen LogP) is 4.86. The van der Waals surface area contributed by atoms with Crippen molar-refractivity contribution < 1.29 is 24.1 Å². The van der Waals surface area contributed by atoms with Crippen LogP contribution in [0.25, 0.3) is 0 Å². The van der Waals surface area contributed by atoms with Gasteiger partial charge in [-0.05, 0) is 31.9 Å². The van der Waals surface area contributed by atoms with E-state index in [2.05, 4.69) is 5.32 Å². The van der Waals surface area contributed by atoms with Crippen molar-refractivity contribution in [1.29, 1.82) is 0 Å². The number of nitrogens with zero attached hydrogens (tertiary/aromatic N) is 2. The zero-order valence-electron chi connectivity index (χ0n) is 20.3. The number of nitrogens with one attached hydrogen (secondary N) is 1. The fourth-order valence-electron chi connectivity index (χ4n) is 4.04. The lowest BCUT2D eigenvalue weighted by atomic mass is 9.84. The molecule has 2 aromatic rings. The molecule has 0 saturated carbocycles. The summed E-state index contributed by atoms with van der Waals surface area (Å²) in [5.74, 6) is -1.68. The molecule has 0 aromatic heterocycles. The Labute approximate surface area is 212 Å². The van der Waals surface area contributed by atoms with E-state index in [1.54, 1.807) is 21.0 Å². The number of allylic oxidation sites excluding steroid dienone is 2. The molecule has 11 heteroatoms. The first-order chi connectivity index (χ1) is 17.1. The Bertz CT molecular complexity index is 1230. The van der Waals surface area contributed by atoms with Crippen molar-refractivity contribution in [3.63, 3.8) is 0 Å². The number of methoxy groups -OCH3 is 1. The Hall–Kier alpha value is -3.70. The smallest absolute Gasteiger partial charge is 0.337 e. The molecule has 2 unspecified atom stereocenters. The maximum absolute atomic E-state index is 13.2. The molecule has 0 spiro atoms. The standard InChI is InChI=1S/C25H27N3O7S/c1-5-35-24(29)22-20(15-36-25(3,34-4)18-11-7-6-8-12-18)26-16(2)23(28(32)33)21(22)17-10-9-13-19(14-17)27(30)31/h6-14,21,26H,5,15H2,1-4H3. The molecule has 2 aromatic carbocycles. The molecule has 0 fully saturated rings. The summed E-state index contributed by atoms with van der Waals surface area (Å²) in [6.07, 6.45) is 0. The molecule has 1 aliphatic rings. The number of esters is 1. The molecule has 10 nitrogen and oxygen atoms in total. The van der Waals surface area contributed by atoms with Gasteiger partial charge in [-0.25, -0.2) is 4.79 Å². The highest BCUT2D eigenvalue weighted by molar-refractivity contribution is 8.00. The van der Waals surface area contributed by atoms with E-state index < -0.39 is 26.7 Å². The number of nitro benzene ring substituents is 1. The third-order valence-corrected chi connectivity index (χ3v) is 7.28. The zero-order valence-corrected chi connectivity index (χ0v) is 21.2. The Morgan fingerprint density at radius 3 is 2.39 bits per heavy atom. The van der Waals surface area contributed by atoms with Crippen molar-refractivity contribution in [3.8, 4) is 0 Å². The summed E-state index contributed by atoms with van der Waals surface area (Å²) in [4.78, 5) is 34.8. The summed E-state index contributed by atoms with van der Waals surface area (Å²) in [7, 11) is 1.58. The van der Waals surface area contributed by atoms with Crippen molar-refractivity contribution in [3.05, 3.63) is 109 Å². The van der Waals surface area contributed by atoms with Crippen LogP contribution in [0.4, 0.5) is 5.69 Å². The van der Waals surface area contributed by atoms with E-state index in [4.69, 9.17) is 9.47 Å². The largest absolute Gasteiger partial charge is 0.463 e. The molecule has 0 aliphatic carbocycles. The van der Waals surface area contributed by atoms with Crippen LogP contribution in [0.3, 0.4) is 0 Å². The highest BCUT2D eigenvalue weighted by Gasteiger charge is 2.42. The molecular weight excluding hydrogens is 486 g/mol. The third kappa shape index (κ3) is 5.58. The van der Waals surface area contributed by atoms with E-state index in [1.807, 2.05) is 37.3 Å². The summed E-state index contributed by atoms with van der Waals surface area (Å²) < 4.78 is 11.1. The van der Waals surface area contributed by atoms with E-state index in [1.165, 1.54) is 36.0 Å². The summed E-state index contributed by atoms with van der Waals surface area (Å²) in [5, 5.41) is 26.6. The lowest BCUT2D eigenvalue weighted by Crippen LogP contribution is -2.34. The van der Waals surface area contributed by atoms with E-state index in [9.17, 15) is 25.0 Å². The fraction of sp³-hybridized carbons (Fsp3) is 0.320. The highest BCUT2D eigenvalue weighted by Crippen LogP contribution is 2.43. The van der Waals surface area contributed by atoms with Crippen LogP contribution >= 0.6 is 11.8 Å². The van der Waals surface area contributed by atoms with Crippen LogP contribution in [0.2, 0.25) is 0 Å². The lowest BCUT2D eigenvalue weighted by molar-refractivity contribution is -0.431. The molecule has 1 N–H and O–H groups in total. The van der Waals surface area contributed by atoms with E-state index >= 15 is 0 Å². The number of hydrogen-bond donors (Lipinski definition) is 1. The van der Waals surface area contributed by atoms with E-state index in [0.29, 0.717) is 5.70 Å². The van der Waals surface area contributed by atoms with Gasteiger partial charge in [-0.3, -0.25) is 20.2 Å². The number of ether oxygens (including phenoxy) is 2. The number of carbonyl (C=O) groups is 1. The number of non-ortho nitro benzene ring substituents is 1. The third-order valence-electron chi connectivity index (χ3n) is 5.90. The van der Waals surface area contributed by atoms with Gasteiger partial charge in [0.25, 0.3) is 11.4 Å². The predicted molar refractivity (Wildman–Crippen MR) is 136 cm³/mol. The van der Waals surface area contributed by atoms with Gasteiger partial charge in [-0.15, -0.1) is 11.8 Å². The van der Waals surface area contributed by atoms with Crippen molar-refractivity contribution in [1.82, 2.24) is 5.32 Å². The number of hydrogen-bond acceptors (Lipinski definition) is 9. The molecule has 0 bridgehead atoms. The number of carbonyl (C=O) groups excluding carboxylic acids is 1. The van der Waals surface area contributed by atoms with Crippen molar-refractivity contribution >= 4 is 23.4 Å². The van der Waals surface area contributed by atoms with Crippen LogP contribution < -0.4 is 5.32 Å². The van der Waals surface area contributed by atoms with Gasteiger partial charge < -0.3 is 14.8 Å². The first-order valence-corrected chi connectivity index (χ1v) is 12.1. The van der Waals surface area contributed by atoms with Gasteiger partial charge >= 0.3 is 5.97 Å². The minimum Gasteiger partial charge on any atom is -0.463 e. The fourth-order valence-corrected chi connectivity index (χ4v) is 5.11. The maximum Gasteiger partial charge on any atom is 0.337 e. The van der Waals surface area contributed by atoms with Crippen LogP contribution in [0.15, 0.2) is 77.3 Å². The Morgan fingerprint density at radius 2 is 1.81 bits per heavy atom. The highest BCUT2D eigenvalue weighted by atomic mass is 32.2. The quantitative estimate of drug-likeness (QED) is 0.204. The number of dihydropyridines is 1. The normalized spacial score (nSPS) is 17.3. The summed E-state index contributed by atoms with van der Waals surface area (Å²) in [5.41, 5.74) is 1.33. The molecule has 0 saturated heterocycles. The van der Waals surface area contributed by atoms with Gasteiger partial charge in [0.2, 0.25) is 0 Å². The van der Waals surface area contributed by atoms with Crippen molar-refractivity contribution in [2.45, 2.75) is 31.6 Å². The Kier molecular flexibility index (Phi) is 8.49. The molecule has 3 rings (SSSR count). The molecule has 0 amide bonds. The van der Waals surface area contributed by atoms with Crippen LogP contribution in [0.1, 0.15) is 37.8 Å². The summed E-state index contributed by atoms with van der Waals surface area (Å²) in [6.45, 7) is 5.13. The number of nitro groups is 2. The minimum absolute atomic E-state index is 0.0358. The van der Waals surface area contributed by atoms with Crippen LogP contribution in [0.5, 0.6) is 0 Å². The van der Waals surface area contributed by atoms with Crippen molar-refractivity contribution in [2.24, 2.45) is 0 Å². The molecule has 2 atom stereocenters. The lowest BCUT2D eigenvalue weighted by Gasteiger charge is -2.31. The van der Waals surface area contributed by atoms with Gasteiger partial charge in [0.05, 0.1) is 27.7 Å². The minimum atomic E-state index is -1.17. The first-order valence-electron chi connectivity index (χ1n) is 11.1. The topological polar surface area (TPSA) is 134 Å². The number of rotatable bonds is 10. The van der Waals surface area contributed by atoms with E-state index in [-0.39, 0.29) is 40.6 Å². The van der Waals surface area contributed by atoms with Gasteiger partial charge in [0, 0.05) is 30.7 Å². The molecule has 1 heterocycles. The molecule has 36 heavy (non-hydrogen) atoms. The van der Waals surface area contributed by atoms with Crippen molar-refractivity contribution in [2.75, 3.05) is 19.5 Å². The maximum atomic E-state index is 13.2. The monoisotopic (exact) mass is 513 g/mol. The van der Waals surface area contributed by atoms with Gasteiger partial charge in [0.1, 0.15) is 10.9 Å². The Morgan fingerprint density at radius 1 is 1.11 bits per heavy atom. The van der Waals surface area contributed by atoms with E-state index in [0.717, 1.165) is 5.56 Å². The molecule has 0 radical (unpaired) electrons. The number of thioether (sulfide) groups is 1. The van der Waals surface area contributed by atoms with Gasteiger partial charge in [-0.2, -0.15) is 0 Å². The van der Waals surface area contributed by atoms with Crippen LogP contribution in [-0.2, 0) is 19.2 Å². The second-order valence-corrected chi connectivity index (χ2v) is 9.45. The van der Waals surface area contributed by atoms with Gasteiger partial charge in [0.15, 0.2) is 0 Å². The van der Waals surface area contributed by atoms with Gasteiger partial charge in [-0.1, -0.05) is 42.5 Å². The average molecular weight is 514 g/mol. The molecular formula is C25H27N3O7S. The second-order valence-electron chi connectivity index (χ2n) is 8.09. The zero-order chi connectivity index (χ0) is 26.5. The average Bonchev–Trinajstić information content (AvgIpc) is 2.87. The Balaban J connectivity index is 2.15. The first kappa shape index (κ1) is 26.9. The SMILES string of the molecule is CCOC(=O)C1=C(CSC(C)(OC)c2ccccc2)NC(C)=C([N+](=O)[O-])C1c1cccc([N+](=O)[O-])c1. The number of benzene rings is 2. The second kappa shape index (κ2) is 11.4. The van der Waals surface area contributed by atoms with Crippen LogP contribution in [0, 0.1) is 20.2 Å². The molecule has 190 valence electrons. The summed E-state index contributed by atoms with van der Waals surface area (Å²) in [6, 6.07) is 15.0. The molecule has 1 aliphatic heterocycles.